The van der Waals surface area contributed by atoms with Crippen LogP contribution in [0.25, 0.3) is 0 Å². The fourth-order valence-corrected chi connectivity index (χ4v) is 4.65. The van der Waals surface area contributed by atoms with Gasteiger partial charge in [0.1, 0.15) is 0 Å². The Labute approximate surface area is 83.7 Å². The fourth-order valence-electron chi connectivity index (χ4n) is 0.927. The maximum atomic E-state index is 11.3. The summed E-state index contributed by atoms with van der Waals surface area (Å²) < 4.78 is 43.1. The summed E-state index contributed by atoms with van der Waals surface area (Å²) in [6.07, 6.45) is 0. The predicted molar refractivity (Wildman–Crippen MR) is 53.0 cm³/mol. The molecule has 0 saturated heterocycles. The van der Waals surface area contributed by atoms with Crippen molar-refractivity contribution in [3.8, 4) is 0 Å². The van der Waals surface area contributed by atoms with E-state index in [9.17, 15) is 21.6 Å². The van der Waals surface area contributed by atoms with Gasteiger partial charge in [0.15, 0.2) is 25.5 Å². The number of carbonyl (C=O) groups is 1. The van der Waals surface area contributed by atoms with Crippen LogP contribution in [0.2, 0.25) is 0 Å². The van der Waals surface area contributed by atoms with E-state index < -0.39 is 35.8 Å². The molecule has 5 nitrogen and oxygen atoms in total. The lowest BCUT2D eigenvalue weighted by atomic mass is 10.5. The summed E-state index contributed by atoms with van der Waals surface area (Å²) in [6.45, 7) is 5.19. The van der Waals surface area contributed by atoms with Crippen LogP contribution in [-0.2, 0) is 24.5 Å². The predicted octanol–water partition coefficient (Wildman–Crippen LogP) is -0.105. The molecule has 0 saturated carbocycles. The van der Waals surface area contributed by atoms with Gasteiger partial charge in [0.2, 0.25) is 4.58 Å². The zero-order valence-corrected chi connectivity index (χ0v) is 9.56. The topological polar surface area (TPSA) is 85.3 Å². The molecule has 0 radical (unpaired) electrons. The first kappa shape index (κ1) is 13.3. The Hall–Kier alpha value is -0.690. The lowest BCUT2D eigenvalue weighted by Gasteiger charge is -2.11. The van der Waals surface area contributed by atoms with E-state index in [0.29, 0.717) is 5.41 Å². The zero-order chi connectivity index (χ0) is 11.6. The van der Waals surface area contributed by atoms with Crippen molar-refractivity contribution in [2.24, 2.45) is 0 Å². The molecule has 0 aromatic carbocycles. The van der Waals surface area contributed by atoms with Crippen molar-refractivity contribution in [1.29, 1.82) is 0 Å². The fraction of sp³-hybridized carbons (Fsp3) is 0.571. The number of hydrogen-bond donors (Lipinski definition) is 0. The summed E-state index contributed by atoms with van der Waals surface area (Å²) in [5.41, 5.74) is 0. The zero-order valence-electron chi connectivity index (χ0n) is 7.93. The van der Waals surface area contributed by atoms with E-state index in [-0.39, 0.29) is 0 Å². The molecular weight excluding hydrogens is 228 g/mol. The van der Waals surface area contributed by atoms with Gasteiger partial charge in [-0.1, -0.05) is 13.5 Å². The minimum atomic E-state index is -4.10. The van der Waals surface area contributed by atoms with Gasteiger partial charge >= 0.3 is 0 Å². The molecule has 1 unspecified atom stereocenters. The van der Waals surface area contributed by atoms with Crippen LogP contribution in [0.15, 0.2) is 12.0 Å². The second-order valence-corrected chi connectivity index (χ2v) is 7.31. The number of hydrogen-bond acceptors (Lipinski definition) is 5. The van der Waals surface area contributed by atoms with Crippen molar-refractivity contribution < 1.29 is 21.6 Å². The molecule has 7 heteroatoms. The second-order valence-electron chi connectivity index (χ2n) is 2.65. The molecule has 0 aliphatic carbocycles. The van der Waals surface area contributed by atoms with E-state index in [2.05, 4.69) is 6.58 Å². The third-order valence-corrected chi connectivity index (χ3v) is 6.46. The van der Waals surface area contributed by atoms with Crippen LogP contribution in [0.3, 0.4) is 0 Å². The third kappa shape index (κ3) is 2.65. The van der Waals surface area contributed by atoms with Crippen LogP contribution < -0.4 is 0 Å². The summed E-state index contributed by atoms with van der Waals surface area (Å²) in [6, 6.07) is 0. The summed E-state index contributed by atoms with van der Waals surface area (Å²) in [5.74, 6) is -1.31. The van der Waals surface area contributed by atoms with Crippen molar-refractivity contribution in [3.05, 3.63) is 12.0 Å². The molecule has 0 aromatic heterocycles. The molecule has 0 aliphatic heterocycles. The Morgan fingerprint density at radius 1 is 1.36 bits per heavy atom. The first-order chi connectivity index (χ1) is 6.19. The van der Waals surface area contributed by atoms with Crippen molar-refractivity contribution in [2.75, 3.05) is 5.75 Å². The second kappa shape index (κ2) is 4.22. The number of rotatable bonds is 5. The summed E-state index contributed by atoms with van der Waals surface area (Å²) in [5, 5.41) is 0.492. The van der Waals surface area contributed by atoms with Gasteiger partial charge in [-0.05, 0) is 6.92 Å². The monoisotopic (exact) mass is 240 g/mol. The SMILES string of the molecule is C=CS(=O)(=O)C(C(C)=O)S(=O)(=O)CC. The molecule has 0 aliphatic rings. The molecule has 0 aromatic rings. The van der Waals surface area contributed by atoms with Gasteiger partial charge in [-0.15, -0.1) is 0 Å². The molecule has 0 rings (SSSR count). The van der Waals surface area contributed by atoms with Gasteiger partial charge in [0, 0.05) is 11.2 Å². The molecule has 0 heterocycles. The molecule has 0 N–H and O–H groups in total. The van der Waals surface area contributed by atoms with Gasteiger partial charge in [-0.2, -0.15) is 0 Å². The highest BCUT2D eigenvalue weighted by Crippen LogP contribution is 2.13. The van der Waals surface area contributed by atoms with Crippen LogP contribution in [0, 0.1) is 0 Å². The number of carbonyl (C=O) groups excluding carboxylic acids is 1. The van der Waals surface area contributed by atoms with Crippen molar-refractivity contribution in [3.63, 3.8) is 0 Å². The van der Waals surface area contributed by atoms with Crippen molar-refractivity contribution in [2.45, 2.75) is 18.4 Å². The Bertz CT molecular complexity index is 429. The Kier molecular flexibility index (Phi) is 4.01. The first-order valence-corrected chi connectivity index (χ1v) is 7.10. The highest BCUT2D eigenvalue weighted by Gasteiger charge is 2.38. The standard InChI is InChI=1S/C7H12O5S2/c1-4-13(9,10)7(6(3)8)14(11,12)5-2/h4,7H,1,5H2,2-3H3. The highest BCUT2D eigenvalue weighted by molar-refractivity contribution is 8.11. The van der Waals surface area contributed by atoms with E-state index >= 15 is 0 Å². The first-order valence-electron chi connectivity index (χ1n) is 3.77. The Morgan fingerprint density at radius 2 is 1.79 bits per heavy atom. The average Bonchev–Trinajstić information content (AvgIpc) is 2.02. The lowest BCUT2D eigenvalue weighted by molar-refractivity contribution is -0.115. The minimum Gasteiger partial charge on any atom is -0.297 e. The largest absolute Gasteiger partial charge is 0.297 e. The Morgan fingerprint density at radius 3 is 2.00 bits per heavy atom. The number of ketones is 1. The maximum Gasteiger partial charge on any atom is 0.224 e. The van der Waals surface area contributed by atoms with E-state index in [1.165, 1.54) is 6.92 Å². The van der Waals surface area contributed by atoms with Gasteiger partial charge < -0.3 is 0 Å². The molecule has 82 valence electrons. The van der Waals surface area contributed by atoms with E-state index in [4.69, 9.17) is 0 Å². The molecule has 0 bridgehead atoms. The summed E-state index contributed by atoms with van der Waals surface area (Å²) in [7, 11) is -8.04. The molecular formula is C7H12O5S2. The Balaban J connectivity index is 5.65. The third-order valence-electron chi connectivity index (χ3n) is 1.59. The van der Waals surface area contributed by atoms with Gasteiger partial charge in [0.05, 0.1) is 0 Å². The van der Waals surface area contributed by atoms with E-state index in [0.717, 1.165) is 6.92 Å². The minimum absolute atomic E-state index is 0.398. The highest BCUT2D eigenvalue weighted by atomic mass is 32.3. The lowest BCUT2D eigenvalue weighted by Crippen LogP contribution is -2.36. The maximum absolute atomic E-state index is 11.3. The van der Waals surface area contributed by atoms with E-state index in [1.54, 1.807) is 0 Å². The van der Waals surface area contributed by atoms with Crippen LogP contribution in [-0.4, -0.2) is 33.0 Å². The van der Waals surface area contributed by atoms with Crippen molar-refractivity contribution >= 4 is 25.5 Å². The summed E-state index contributed by atoms with van der Waals surface area (Å²) >= 11 is 0. The molecule has 14 heavy (non-hydrogen) atoms. The number of sulfone groups is 2. The van der Waals surface area contributed by atoms with Gasteiger partial charge in [-0.25, -0.2) is 16.8 Å². The molecule has 0 spiro atoms. The molecule has 1 atom stereocenters. The average molecular weight is 240 g/mol. The van der Waals surface area contributed by atoms with E-state index in [1.807, 2.05) is 0 Å². The van der Waals surface area contributed by atoms with Crippen molar-refractivity contribution in [1.82, 2.24) is 0 Å². The van der Waals surface area contributed by atoms with Gasteiger partial charge in [-0.3, -0.25) is 4.79 Å². The van der Waals surface area contributed by atoms with Crippen LogP contribution >= 0.6 is 0 Å². The number of Topliss-reactive ketones (excluding diaryl/α,β-unsaturated/α-hetero) is 1. The quantitative estimate of drug-likeness (QED) is 0.669. The molecule has 0 amide bonds. The van der Waals surface area contributed by atoms with Gasteiger partial charge in [0.25, 0.3) is 0 Å². The van der Waals surface area contributed by atoms with Crippen LogP contribution in [0.4, 0.5) is 0 Å². The van der Waals surface area contributed by atoms with Crippen LogP contribution in [0.1, 0.15) is 13.8 Å². The normalized spacial score (nSPS) is 14.7. The van der Waals surface area contributed by atoms with Crippen LogP contribution in [0.5, 0.6) is 0 Å². The summed E-state index contributed by atoms with van der Waals surface area (Å²) in [4.78, 5) is 10.9. The smallest absolute Gasteiger partial charge is 0.224 e. The molecule has 0 fully saturated rings.